The minimum atomic E-state index is 0.167. The van der Waals surface area contributed by atoms with Crippen LogP contribution in [0.5, 0.6) is 0 Å². The predicted molar refractivity (Wildman–Crippen MR) is 65.5 cm³/mol. The molecule has 86 valence electrons. The van der Waals surface area contributed by atoms with Gasteiger partial charge < -0.3 is 5.32 Å². The summed E-state index contributed by atoms with van der Waals surface area (Å²) >= 11 is 1.62. The van der Waals surface area contributed by atoms with Gasteiger partial charge in [0.1, 0.15) is 0 Å². The van der Waals surface area contributed by atoms with Gasteiger partial charge in [0.2, 0.25) is 0 Å². The molecule has 0 saturated carbocycles. The van der Waals surface area contributed by atoms with E-state index in [0.29, 0.717) is 0 Å². The molecule has 0 amide bonds. The maximum atomic E-state index is 4.37. The summed E-state index contributed by atoms with van der Waals surface area (Å²) < 4.78 is 1.82. The Labute approximate surface area is 99.3 Å². The highest BCUT2D eigenvalue weighted by Gasteiger charge is 2.16. The fourth-order valence-corrected chi connectivity index (χ4v) is 2.22. The predicted octanol–water partition coefficient (Wildman–Crippen LogP) is 1.97. The van der Waals surface area contributed by atoms with Gasteiger partial charge in [-0.15, -0.1) is 11.3 Å². The lowest BCUT2D eigenvalue weighted by Gasteiger charge is -2.14. The Morgan fingerprint density at radius 1 is 1.56 bits per heavy atom. The first-order chi connectivity index (χ1) is 7.81. The van der Waals surface area contributed by atoms with Crippen LogP contribution in [0.15, 0.2) is 23.3 Å². The lowest BCUT2D eigenvalue weighted by atomic mass is 10.1. The van der Waals surface area contributed by atoms with E-state index in [0.717, 1.165) is 18.7 Å². The Morgan fingerprint density at radius 2 is 2.44 bits per heavy atom. The van der Waals surface area contributed by atoms with Crippen LogP contribution in [-0.2, 0) is 7.05 Å². The Hall–Kier alpha value is -1.20. The zero-order valence-electron chi connectivity index (χ0n) is 9.55. The van der Waals surface area contributed by atoms with Gasteiger partial charge in [0.25, 0.3) is 0 Å². The number of aromatic nitrogens is 3. The topological polar surface area (TPSA) is 42.7 Å². The van der Waals surface area contributed by atoms with Crippen molar-refractivity contribution >= 4 is 11.3 Å². The molecule has 4 nitrogen and oxygen atoms in total. The van der Waals surface area contributed by atoms with Crippen molar-refractivity contribution < 1.29 is 0 Å². The maximum Gasteiger partial charge on any atom is 0.0795 e. The van der Waals surface area contributed by atoms with Gasteiger partial charge in [-0.3, -0.25) is 4.68 Å². The Bertz CT molecular complexity index is 421. The quantitative estimate of drug-likeness (QED) is 0.863. The van der Waals surface area contributed by atoms with Crippen LogP contribution >= 0.6 is 11.3 Å². The average Bonchev–Trinajstić information content (AvgIpc) is 2.91. The lowest BCUT2D eigenvalue weighted by Crippen LogP contribution is -2.23. The van der Waals surface area contributed by atoms with Crippen molar-refractivity contribution in [2.75, 3.05) is 6.54 Å². The van der Waals surface area contributed by atoms with E-state index in [-0.39, 0.29) is 6.04 Å². The van der Waals surface area contributed by atoms with Crippen LogP contribution in [-0.4, -0.2) is 21.3 Å². The first kappa shape index (κ1) is 11.3. The molecule has 0 aromatic carbocycles. The normalized spacial score (nSPS) is 12.9. The number of nitrogens with one attached hydrogen (secondary N) is 1. The third kappa shape index (κ3) is 2.48. The minimum Gasteiger partial charge on any atom is -0.305 e. The summed E-state index contributed by atoms with van der Waals surface area (Å²) in [6.07, 6.45) is 5.04. The highest BCUT2D eigenvalue weighted by atomic mass is 32.1. The van der Waals surface area contributed by atoms with Gasteiger partial charge in [-0.05, 0) is 13.0 Å². The number of hydrogen-bond acceptors (Lipinski definition) is 4. The van der Waals surface area contributed by atoms with Crippen LogP contribution in [0.4, 0.5) is 0 Å². The van der Waals surface area contributed by atoms with Crippen LogP contribution in [0.2, 0.25) is 0 Å². The third-order valence-corrected chi connectivity index (χ3v) is 3.01. The van der Waals surface area contributed by atoms with E-state index in [9.17, 15) is 0 Å². The molecule has 0 saturated heterocycles. The molecule has 1 atom stereocenters. The molecule has 5 heteroatoms. The standard InChI is InChI=1S/C11H16N4S/c1-3-4-12-11(10-7-16-8-13-10)9-5-14-15(2)6-9/h5-8,11-12H,3-4H2,1-2H3. The van der Waals surface area contributed by atoms with E-state index in [4.69, 9.17) is 0 Å². The Kier molecular flexibility index (Phi) is 3.69. The fraction of sp³-hybridized carbons (Fsp3) is 0.455. The number of aryl methyl sites for hydroxylation is 1. The van der Waals surface area contributed by atoms with Crippen molar-refractivity contribution in [2.45, 2.75) is 19.4 Å². The second-order valence-corrected chi connectivity index (χ2v) is 4.47. The molecule has 2 aromatic rings. The van der Waals surface area contributed by atoms with Gasteiger partial charge >= 0.3 is 0 Å². The van der Waals surface area contributed by atoms with E-state index in [2.05, 4.69) is 27.7 Å². The summed E-state index contributed by atoms with van der Waals surface area (Å²) in [5.74, 6) is 0. The molecule has 2 heterocycles. The summed E-state index contributed by atoms with van der Waals surface area (Å²) in [6.45, 7) is 3.14. The fourth-order valence-electron chi connectivity index (χ4n) is 1.64. The number of rotatable bonds is 5. The molecule has 0 bridgehead atoms. The molecular formula is C11H16N4S. The van der Waals surface area contributed by atoms with Crippen LogP contribution in [0.1, 0.15) is 30.6 Å². The summed E-state index contributed by atoms with van der Waals surface area (Å²) in [6, 6.07) is 0.167. The molecular weight excluding hydrogens is 220 g/mol. The first-order valence-electron chi connectivity index (χ1n) is 5.41. The molecule has 0 aliphatic heterocycles. The van der Waals surface area contributed by atoms with Crippen molar-refractivity contribution in [3.63, 3.8) is 0 Å². The van der Waals surface area contributed by atoms with Crippen molar-refractivity contribution in [2.24, 2.45) is 7.05 Å². The van der Waals surface area contributed by atoms with E-state index in [1.165, 1.54) is 5.56 Å². The SMILES string of the molecule is CCCNC(c1cnn(C)c1)c1cscn1. The van der Waals surface area contributed by atoms with Crippen LogP contribution in [0, 0.1) is 0 Å². The molecule has 0 fully saturated rings. The van der Waals surface area contributed by atoms with E-state index < -0.39 is 0 Å². The van der Waals surface area contributed by atoms with Crippen LogP contribution in [0.25, 0.3) is 0 Å². The van der Waals surface area contributed by atoms with Crippen LogP contribution < -0.4 is 5.32 Å². The van der Waals surface area contributed by atoms with Gasteiger partial charge in [-0.2, -0.15) is 5.10 Å². The molecule has 0 aliphatic rings. The van der Waals surface area contributed by atoms with Crippen molar-refractivity contribution in [3.8, 4) is 0 Å². The van der Waals surface area contributed by atoms with Crippen LogP contribution in [0.3, 0.4) is 0 Å². The molecule has 2 rings (SSSR count). The van der Waals surface area contributed by atoms with Gasteiger partial charge in [0.05, 0.1) is 23.4 Å². The van der Waals surface area contributed by atoms with Crippen molar-refractivity contribution in [1.82, 2.24) is 20.1 Å². The zero-order valence-corrected chi connectivity index (χ0v) is 10.4. The Balaban J connectivity index is 2.21. The average molecular weight is 236 g/mol. The second kappa shape index (κ2) is 5.23. The smallest absolute Gasteiger partial charge is 0.0795 e. The molecule has 16 heavy (non-hydrogen) atoms. The molecule has 2 aromatic heterocycles. The van der Waals surface area contributed by atoms with Gasteiger partial charge in [0.15, 0.2) is 0 Å². The van der Waals surface area contributed by atoms with Gasteiger partial charge in [-0.25, -0.2) is 4.98 Å². The summed E-state index contributed by atoms with van der Waals surface area (Å²) in [4.78, 5) is 4.37. The highest BCUT2D eigenvalue weighted by Crippen LogP contribution is 2.21. The molecule has 1 unspecified atom stereocenters. The van der Waals surface area contributed by atoms with Gasteiger partial charge in [-0.1, -0.05) is 6.92 Å². The number of thiazole rings is 1. The number of nitrogens with zero attached hydrogens (tertiary/aromatic N) is 3. The minimum absolute atomic E-state index is 0.167. The monoisotopic (exact) mass is 236 g/mol. The van der Waals surface area contributed by atoms with E-state index in [1.807, 2.05) is 29.6 Å². The summed E-state index contributed by atoms with van der Waals surface area (Å²) in [5, 5.41) is 9.78. The maximum absolute atomic E-state index is 4.37. The highest BCUT2D eigenvalue weighted by molar-refractivity contribution is 7.07. The van der Waals surface area contributed by atoms with Crippen molar-refractivity contribution in [1.29, 1.82) is 0 Å². The lowest BCUT2D eigenvalue weighted by molar-refractivity contribution is 0.588. The second-order valence-electron chi connectivity index (χ2n) is 3.75. The van der Waals surface area contributed by atoms with E-state index >= 15 is 0 Å². The molecule has 0 aliphatic carbocycles. The summed E-state index contributed by atoms with van der Waals surface area (Å²) in [7, 11) is 1.93. The molecule has 0 radical (unpaired) electrons. The largest absolute Gasteiger partial charge is 0.305 e. The molecule has 0 spiro atoms. The third-order valence-electron chi connectivity index (χ3n) is 2.40. The number of hydrogen-bond donors (Lipinski definition) is 1. The summed E-state index contributed by atoms with van der Waals surface area (Å²) in [5.41, 5.74) is 4.11. The zero-order chi connectivity index (χ0) is 11.4. The van der Waals surface area contributed by atoms with Gasteiger partial charge in [0, 0.05) is 24.2 Å². The molecule has 1 N–H and O–H groups in total. The van der Waals surface area contributed by atoms with Crippen molar-refractivity contribution in [3.05, 3.63) is 34.5 Å². The Morgan fingerprint density at radius 3 is 3.00 bits per heavy atom. The first-order valence-corrected chi connectivity index (χ1v) is 6.35. The van der Waals surface area contributed by atoms with E-state index in [1.54, 1.807) is 11.3 Å².